The van der Waals surface area contributed by atoms with Crippen LogP contribution in [-0.4, -0.2) is 34.0 Å². The summed E-state index contributed by atoms with van der Waals surface area (Å²) in [4.78, 5) is 4.55. The predicted molar refractivity (Wildman–Crippen MR) is 111 cm³/mol. The number of halogens is 1. The summed E-state index contributed by atoms with van der Waals surface area (Å²) in [6, 6.07) is 10.2. The molecule has 7 nitrogen and oxygen atoms in total. The normalized spacial score (nSPS) is 11.8. The van der Waals surface area contributed by atoms with E-state index in [-0.39, 0.29) is 5.82 Å². The molecule has 2 aromatic heterocycles. The number of aliphatic imine (C=N–C) groups is 1. The summed E-state index contributed by atoms with van der Waals surface area (Å²) in [6.45, 7) is 8.04. The Kier molecular flexibility index (Phi) is 6.99. The lowest BCUT2D eigenvalue weighted by Crippen LogP contribution is -2.38. The molecular weight excluding hydrogens is 371 g/mol. The third kappa shape index (κ3) is 5.91. The molecule has 3 rings (SSSR count). The summed E-state index contributed by atoms with van der Waals surface area (Å²) >= 11 is 0. The average molecular weight is 398 g/mol. The van der Waals surface area contributed by atoms with Crippen molar-refractivity contribution >= 4 is 5.96 Å². The molecule has 0 amide bonds. The zero-order valence-electron chi connectivity index (χ0n) is 17.0. The van der Waals surface area contributed by atoms with Gasteiger partial charge in [0.05, 0.1) is 17.1 Å². The largest absolute Gasteiger partial charge is 0.359 e. The van der Waals surface area contributed by atoms with E-state index in [1.807, 2.05) is 25.3 Å². The molecule has 29 heavy (non-hydrogen) atoms. The van der Waals surface area contributed by atoms with Gasteiger partial charge in [-0.1, -0.05) is 19.0 Å². The van der Waals surface area contributed by atoms with Crippen LogP contribution in [0.15, 0.2) is 52.1 Å². The van der Waals surface area contributed by atoms with Crippen molar-refractivity contribution in [3.8, 4) is 5.69 Å². The zero-order valence-corrected chi connectivity index (χ0v) is 17.0. The van der Waals surface area contributed by atoms with Crippen molar-refractivity contribution in [2.24, 2.45) is 4.99 Å². The van der Waals surface area contributed by atoms with E-state index in [4.69, 9.17) is 4.52 Å². The minimum absolute atomic E-state index is 0.258. The summed E-state index contributed by atoms with van der Waals surface area (Å²) in [5.41, 5.74) is 2.70. The molecule has 2 N–H and O–H groups in total. The van der Waals surface area contributed by atoms with Gasteiger partial charge in [-0.3, -0.25) is 0 Å². The van der Waals surface area contributed by atoms with Crippen LogP contribution in [0.5, 0.6) is 0 Å². The zero-order chi connectivity index (χ0) is 20.6. The van der Waals surface area contributed by atoms with Gasteiger partial charge in [-0.15, -0.1) is 0 Å². The summed E-state index contributed by atoms with van der Waals surface area (Å²) in [5.74, 6) is 1.53. The van der Waals surface area contributed by atoms with Crippen molar-refractivity contribution in [3.05, 3.63) is 65.6 Å². The molecule has 0 saturated carbocycles. The van der Waals surface area contributed by atoms with E-state index < -0.39 is 0 Å². The fourth-order valence-corrected chi connectivity index (χ4v) is 2.72. The van der Waals surface area contributed by atoms with Crippen LogP contribution in [0, 0.1) is 5.82 Å². The standard InChI is InChI=1S/C21H27FN6O/c1-4-23-21(25-14-19-13-20(15(2)3)27-29-19)24-11-9-17-10-12-28(26-17)18-7-5-16(22)6-8-18/h5-8,10,12-13,15H,4,9,11,14H2,1-3H3,(H2,23,24,25). The molecule has 0 atom stereocenters. The van der Waals surface area contributed by atoms with Crippen LogP contribution >= 0.6 is 0 Å². The molecular formula is C21H27FN6O. The molecule has 8 heteroatoms. The van der Waals surface area contributed by atoms with Gasteiger partial charge >= 0.3 is 0 Å². The van der Waals surface area contributed by atoms with Crippen molar-refractivity contribution in [2.45, 2.75) is 39.7 Å². The highest BCUT2D eigenvalue weighted by Gasteiger charge is 2.08. The first-order valence-electron chi connectivity index (χ1n) is 9.83. The second-order valence-corrected chi connectivity index (χ2v) is 6.97. The maximum atomic E-state index is 13.1. The lowest BCUT2D eigenvalue weighted by molar-refractivity contribution is 0.376. The van der Waals surface area contributed by atoms with E-state index in [1.54, 1.807) is 16.8 Å². The van der Waals surface area contributed by atoms with Gasteiger partial charge in [0.1, 0.15) is 12.4 Å². The quantitative estimate of drug-likeness (QED) is 0.449. The monoisotopic (exact) mass is 398 g/mol. The minimum Gasteiger partial charge on any atom is -0.359 e. The minimum atomic E-state index is -0.258. The lowest BCUT2D eigenvalue weighted by Gasteiger charge is -2.10. The Balaban J connectivity index is 1.53. The van der Waals surface area contributed by atoms with Crippen LogP contribution in [-0.2, 0) is 13.0 Å². The van der Waals surface area contributed by atoms with Crippen molar-refractivity contribution in [1.29, 1.82) is 0 Å². The van der Waals surface area contributed by atoms with Crippen molar-refractivity contribution in [3.63, 3.8) is 0 Å². The van der Waals surface area contributed by atoms with Crippen LogP contribution < -0.4 is 10.6 Å². The van der Waals surface area contributed by atoms with Gasteiger partial charge < -0.3 is 15.2 Å². The Bertz CT molecular complexity index is 929. The molecule has 0 aliphatic rings. The van der Waals surface area contributed by atoms with E-state index >= 15 is 0 Å². The number of nitrogens with zero attached hydrogens (tertiary/aromatic N) is 4. The van der Waals surface area contributed by atoms with Crippen LogP contribution in [0.1, 0.15) is 43.8 Å². The highest BCUT2D eigenvalue weighted by Crippen LogP contribution is 2.14. The van der Waals surface area contributed by atoms with Gasteiger partial charge in [0.15, 0.2) is 11.7 Å². The molecule has 0 radical (unpaired) electrons. The Morgan fingerprint density at radius 1 is 1.21 bits per heavy atom. The highest BCUT2D eigenvalue weighted by atomic mass is 19.1. The van der Waals surface area contributed by atoms with E-state index in [9.17, 15) is 4.39 Å². The summed E-state index contributed by atoms with van der Waals surface area (Å²) < 4.78 is 20.1. The second kappa shape index (κ2) is 9.86. The molecule has 0 fully saturated rings. The third-order valence-electron chi connectivity index (χ3n) is 4.31. The van der Waals surface area contributed by atoms with E-state index in [1.165, 1.54) is 12.1 Å². The number of rotatable bonds is 8. The molecule has 0 bridgehead atoms. The molecule has 3 aromatic rings. The first kappa shape index (κ1) is 20.6. The van der Waals surface area contributed by atoms with E-state index in [2.05, 4.69) is 39.7 Å². The molecule has 154 valence electrons. The van der Waals surface area contributed by atoms with Crippen molar-refractivity contribution in [2.75, 3.05) is 13.1 Å². The van der Waals surface area contributed by atoms with E-state index in [0.717, 1.165) is 35.8 Å². The van der Waals surface area contributed by atoms with E-state index in [0.29, 0.717) is 25.0 Å². The molecule has 0 saturated heterocycles. The molecule has 0 unspecified atom stereocenters. The van der Waals surface area contributed by atoms with Crippen molar-refractivity contribution in [1.82, 2.24) is 25.6 Å². The maximum absolute atomic E-state index is 13.1. The number of hydrogen-bond acceptors (Lipinski definition) is 4. The SMILES string of the molecule is CCNC(=NCc1cc(C(C)C)no1)NCCc1ccn(-c2ccc(F)cc2)n1. The number of aromatic nitrogens is 3. The van der Waals surface area contributed by atoms with Crippen LogP contribution in [0.4, 0.5) is 4.39 Å². The third-order valence-corrected chi connectivity index (χ3v) is 4.31. The van der Waals surface area contributed by atoms with Gasteiger partial charge in [0.25, 0.3) is 0 Å². The number of benzene rings is 1. The molecule has 0 aliphatic carbocycles. The first-order chi connectivity index (χ1) is 14.0. The second-order valence-electron chi connectivity index (χ2n) is 6.97. The van der Waals surface area contributed by atoms with Crippen LogP contribution in [0.3, 0.4) is 0 Å². The fraction of sp³-hybridized carbons (Fsp3) is 0.381. The van der Waals surface area contributed by atoms with Gasteiger partial charge in [-0.25, -0.2) is 14.1 Å². The smallest absolute Gasteiger partial charge is 0.191 e. The number of nitrogens with one attached hydrogen (secondary N) is 2. The molecule has 1 aromatic carbocycles. The summed E-state index contributed by atoms with van der Waals surface area (Å²) in [6.07, 6.45) is 2.61. The topological polar surface area (TPSA) is 80.3 Å². The van der Waals surface area contributed by atoms with Crippen molar-refractivity contribution < 1.29 is 8.91 Å². The van der Waals surface area contributed by atoms with Gasteiger partial charge in [0.2, 0.25) is 0 Å². The molecule has 0 aliphatic heterocycles. The maximum Gasteiger partial charge on any atom is 0.191 e. The lowest BCUT2D eigenvalue weighted by atomic mass is 10.1. The van der Waals surface area contributed by atoms with Crippen LogP contribution in [0.2, 0.25) is 0 Å². The average Bonchev–Trinajstić information content (AvgIpc) is 3.36. The highest BCUT2D eigenvalue weighted by molar-refractivity contribution is 5.79. The van der Waals surface area contributed by atoms with Crippen LogP contribution in [0.25, 0.3) is 5.69 Å². The van der Waals surface area contributed by atoms with Gasteiger partial charge in [-0.2, -0.15) is 5.10 Å². The summed E-state index contributed by atoms with van der Waals surface area (Å²) in [7, 11) is 0. The Labute approximate surface area is 170 Å². The Morgan fingerprint density at radius 3 is 2.69 bits per heavy atom. The van der Waals surface area contributed by atoms with Gasteiger partial charge in [0, 0.05) is 31.8 Å². The molecule has 2 heterocycles. The number of hydrogen-bond donors (Lipinski definition) is 2. The summed E-state index contributed by atoms with van der Waals surface area (Å²) in [5, 5.41) is 15.1. The Hall–Kier alpha value is -3.16. The molecule has 0 spiro atoms. The fourth-order valence-electron chi connectivity index (χ4n) is 2.72. The Morgan fingerprint density at radius 2 is 2.00 bits per heavy atom. The van der Waals surface area contributed by atoms with Gasteiger partial charge in [-0.05, 0) is 43.2 Å². The predicted octanol–water partition coefficient (Wildman–Crippen LogP) is 3.42. The first-order valence-corrected chi connectivity index (χ1v) is 9.83. The number of guanidine groups is 1.